The summed E-state index contributed by atoms with van der Waals surface area (Å²) in [5.41, 5.74) is 3.11. The molecule has 0 radical (unpaired) electrons. The maximum absolute atomic E-state index is 12.1. The zero-order valence-corrected chi connectivity index (χ0v) is 16.4. The second kappa shape index (κ2) is 7.98. The van der Waals surface area contributed by atoms with Crippen molar-refractivity contribution in [3.63, 3.8) is 0 Å². The van der Waals surface area contributed by atoms with Gasteiger partial charge in [-0.1, -0.05) is 48.2 Å². The molecule has 1 saturated heterocycles. The van der Waals surface area contributed by atoms with E-state index in [1.165, 1.54) is 5.56 Å². The van der Waals surface area contributed by atoms with Gasteiger partial charge in [-0.15, -0.1) is 0 Å². The number of nitrogens with one attached hydrogen (secondary N) is 1. The van der Waals surface area contributed by atoms with Crippen molar-refractivity contribution < 1.29 is 13.9 Å². The minimum atomic E-state index is -0.304. The van der Waals surface area contributed by atoms with E-state index in [1.54, 1.807) is 18.0 Å². The SMILES string of the molecule is C=C1CC(c2occc2Sc2ccc(OCc3cccc(C)c3)cc2)C(=O)N1. The lowest BCUT2D eigenvalue weighted by atomic mass is 10.0. The van der Waals surface area contributed by atoms with Crippen LogP contribution in [0.25, 0.3) is 0 Å². The molecule has 1 aromatic heterocycles. The smallest absolute Gasteiger partial charge is 0.235 e. The molecule has 0 bridgehead atoms. The van der Waals surface area contributed by atoms with Crippen LogP contribution in [-0.2, 0) is 11.4 Å². The van der Waals surface area contributed by atoms with E-state index in [9.17, 15) is 4.79 Å². The minimum Gasteiger partial charge on any atom is -0.489 e. The van der Waals surface area contributed by atoms with Crippen LogP contribution in [0, 0.1) is 6.92 Å². The molecule has 0 spiro atoms. The standard InChI is InChI=1S/C23H21NO3S/c1-15-4-3-5-17(12-15)14-27-18-6-8-19(9-7-18)28-21-10-11-26-22(21)20-13-16(2)24-23(20)25/h3-12,20H,2,13-14H2,1H3,(H,24,25). The molecule has 1 N–H and O–H groups in total. The zero-order chi connectivity index (χ0) is 19.5. The van der Waals surface area contributed by atoms with Crippen molar-refractivity contribution >= 4 is 17.7 Å². The summed E-state index contributed by atoms with van der Waals surface area (Å²) in [4.78, 5) is 14.1. The second-order valence-electron chi connectivity index (χ2n) is 6.85. The van der Waals surface area contributed by atoms with Gasteiger partial charge in [0.05, 0.1) is 11.2 Å². The highest BCUT2D eigenvalue weighted by atomic mass is 32.2. The van der Waals surface area contributed by atoms with Crippen molar-refractivity contribution in [2.45, 2.75) is 35.7 Å². The second-order valence-corrected chi connectivity index (χ2v) is 7.97. The van der Waals surface area contributed by atoms with Crippen molar-refractivity contribution in [2.24, 2.45) is 0 Å². The highest BCUT2D eigenvalue weighted by Gasteiger charge is 2.32. The van der Waals surface area contributed by atoms with Gasteiger partial charge in [0.15, 0.2) is 0 Å². The van der Waals surface area contributed by atoms with Crippen LogP contribution in [0.4, 0.5) is 0 Å². The topological polar surface area (TPSA) is 51.5 Å². The zero-order valence-electron chi connectivity index (χ0n) is 15.6. The Morgan fingerprint density at radius 3 is 2.75 bits per heavy atom. The third-order valence-corrected chi connectivity index (χ3v) is 5.65. The molecule has 1 aliphatic rings. The third kappa shape index (κ3) is 4.15. The van der Waals surface area contributed by atoms with Gasteiger partial charge in [-0.05, 0) is 42.8 Å². The number of hydrogen-bond donors (Lipinski definition) is 1. The van der Waals surface area contributed by atoms with Crippen molar-refractivity contribution in [3.8, 4) is 5.75 Å². The Labute approximate surface area is 168 Å². The van der Waals surface area contributed by atoms with E-state index in [1.807, 2.05) is 36.4 Å². The van der Waals surface area contributed by atoms with Gasteiger partial charge in [0.25, 0.3) is 0 Å². The Morgan fingerprint density at radius 2 is 2.04 bits per heavy atom. The van der Waals surface area contributed by atoms with E-state index >= 15 is 0 Å². The van der Waals surface area contributed by atoms with E-state index in [-0.39, 0.29) is 11.8 Å². The van der Waals surface area contributed by atoms with E-state index in [4.69, 9.17) is 9.15 Å². The van der Waals surface area contributed by atoms with E-state index < -0.39 is 0 Å². The Hall–Kier alpha value is -2.92. The van der Waals surface area contributed by atoms with Crippen LogP contribution in [-0.4, -0.2) is 5.91 Å². The molecular formula is C23H21NO3S. The lowest BCUT2D eigenvalue weighted by Crippen LogP contribution is -2.16. The molecule has 1 fully saturated rings. The molecule has 2 aromatic carbocycles. The van der Waals surface area contributed by atoms with Gasteiger partial charge in [-0.3, -0.25) is 4.79 Å². The number of amides is 1. The molecule has 1 atom stereocenters. The quantitative estimate of drug-likeness (QED) is 0.608. The molecule has 5 heteroatoms. The number of ether oxygens (including phenoxy) is 1. The molecule has 4 nitrogen and oxygen atoms in total. The lowest BCUT2D eigenvalue weighted by Gasteiger charge is -2.09. The van der Waals surface area contributed by atoms with Gasteiger partial charge in [-0.2, -0.15) is 0 Å². The highest BCUT2D eigenvalue weighted by molar-refractivity contribution is 7.99. The molecule has 1 amide bonds. The van der Waals surface area contributed by atoms with Crippen molar-refractivity contribution in [1.82, 2.24) is 5.32 Å². The molecule has 2 heterocycles. The van der Waals surface area contributed by atoms with Crippen LogP contribution in [0.1, 0.15) is 29.2 Å². The van der Waals surface area contributed by atoms with Crippen molar-refractivity contribution in [3.05, 3.63) is 90.0 Å². The average molecular weight is 391 g/mol. The first kappa shape index (κ1) is 18.4. The first-order valence-electron chi connectivity index (χ1n) is 9.11. The van der Waals surface area contributed by atoms with Crippen LogP contribution in [0.15, 0.2) is 87.3 Å². The van der Waals surface area contributed by atoms with Crippen molar-refractivity contribution in [1.29, 1.82) is 0 Å². The predicted molar refractivity (Wildman–Crippen MR) is 109 cm³/mol. The fraction of sp³-hybridized carbons (Fsp3) is 0.174. The molecule has 3 aromatic rings. The van der Waals surface area contributed by atoms with Crippen LogP contribution in [0.3, 0.4) is 0 Å². The Morgan fingerprint density at radius 1 is 1.21 bits per heavy atom. The number of carbonyl (C=O) groups excluding carboxylic acids is 1. The largest absolute Gasteiger partial charge is 0.489 e. The maximum atomic E-state index is 12.1. The van der Waals surface area contributed by atoms with Gasteiger partial charge in [0.1, 0.15) is 24.0 Å². The summed E-state index contributed by atoms with van der Waals surface area (Å²) < 4.78 is 11.5. The lowest BCUT2D eigenvalue weighted by molar-refractivity contribution is -0.120. The molecule has 1 aliphatic heterocycles. The average Bonchev–Trinajstić information content (AvgIpc) is 3.26. The number of carbonyl (C=O) groups is 1. The summed E-state index contributed by atoms with van der Waals surface area (Å²) in [6.07, 6.45) is 2.21. The molecule has 142 valence electrons. The number of furan rings is 1. The van der Waals surface area contributed by atoms with Gasteiger partial charge in [0, 0.05) is 17.0 Å². The van der Waals surface area contributed by atoms with E-state index in [0.29, 0.717) is 18.8 Å². The van der Waals surface area contributed by atoms with Crippen LogP contribution < -0.4 is 10.1 Å². The number of aryl methyl sites for hydroxylation is 1. The fourth-order valence-electron chi connectivity index (χ4n) is 3.21. The Balaban J connectivity index is 1.41. The molecular weight excluding hydrogens is 370 g/mol. The number of rotatable bonds is 6. The summed E-state index contributed by atoms with van der Waals surface area (Å²) in [6.45, 7) is 6.45. The van der Waals surface area contributed by atoms with Gasteiger partial charge in [0.2, 0.25) is 5.91 Å². The number of hydrogen-bond acceptors (Lipinski definition) is 4. The summed E-state index contributed by atoms with van der Waals surface area (Å²) in [7, 11) is 0. The minimum absolute atomic E-state index is 0.0540. The summed E-state index contributed by atoms with van der Waals surface area (Å²) in [5, 5.41) is 2.77. The fourth-order valence-corrected chi connectivity index (χ4v) is 4.15. The first-order valence-corrected chi connectivity index (χ1v) is 9.92. The third-order valence-electron chi connectivity index (χ3n) is 4.58. The molecule has 0 aliphatic carbocycles. The molecule has 4 rings (SSSR count). The Bertz CT molecular complexity index is 1010. The van der Waals surface area contributed by atoms with Gasteiger partial charge >= 0.3 is 0 Å². The predicted octanol–water partition coefficient (Wildman–Crippen LogP) is 5.44. The first-order chi connectivity index (χ1) is 13.6. The highest BCUT2D eigenvalue weighted by Crippen LogP contribution is 2.39. The number of allylic oxidation sites excluding steroid dienone is 1. The van der Waals surface area contributed by atoms with Crippen molar-refractivity contribution in [2.75, 3.05) is 0 Å². The van der Waals surface area contributed by atoms with E-state index in [2.05, 4.69) is 37.0 Å². The molecule has 1 unspecified atom stereocenters. The van der Waals surface area contributed by atoms with Crippen LogP contribution >= 0.6 is 11.8 Å². The summed E-state index contributed by atoms with van der Waals surface area (Å²) in [6, 6.07) is 18.1. The summed E-state index contributed by atoms with van der Waals surface area (Å²) in [5.74, 6) is 1.16. The van der Waals surface area contributed by atoms with E-state index in [0.717, 1.165) is 26.8 Å². The normalized spacial score (nSPS) is 16.2. The number of benzene rings is 2. The Kier molecular flexibility index (Phi) is 5.26. The van der Waals surface area contributed by atoms with Crippen LogP contribution in [0.2, 0.25) is 0 Å². The molecule has 0 saturated carbocycles. The summed E-state index contributed by atoms with van der Waals surface area (Å²) >= 11 is 1.58. The van der Waals surface area contributed by atoms with Gasteiger partial charge < -0.3 is 14.5 Å². The molecule has 28 heavy (non-hydrogen) atoms. The maximum Gasteiger partial charge on any atom is 0.235 e. The monoisotopic (exact) mass is 391 g/mol. The van der Waals surface area contributed by atoms with Crippen LogP contribution in [0.5, 0.6) is 5.75 Å². The van der Waals surface area contributed by atoms with Gasteiger partial charge in [-0.25, -0.2) is 0 Å².